The van der Waals surface area contributed by atoms with E-state index in [1.165, 1.54) is 0 Å². The number of nitrogens with zero attached hydrogens (tertiary/aromatic N) is 2. The van der Waals surface area contributed by atoms with E-state index in [0.717, 1.165) is 22.7 Å². The van der Waals surface area contributed by atoms with Gasteiger partial charge in [0.15, 0.2) is 0 Å². The first-order chi connectivity index (χ1) is 12.8. The summed E-state index contributed by atoms with van der Waals surface area (Å²) in [7, 11) is -3.53. The van der Waals surface area contributed by atoms with Gasteiger partial charge in [-0.15, -0.1) is 0 Å². The van der Waals surface area contributed by atoms with Crippen LogP contribution in [0.5, 0.6) is 0 Å². The summed E-state index contributed by atoms with van der Waals surface area (Å²) in [6, 6.07) is 6.36. The fourth-order valence-electron chi connectivity index (χ4n) is 3.95. The molecule has 1 aromatic carbocycles. The van der Waals surface area contributed by atoms with E-state index >= 15 is 0 Å². The van der Waals surface area contributed by atoms with E-state index in [-0.39, 0.29) is 36.1 Å². The molecule has 2 atom stereocenters. The molecular formula is C18H22ClN3O4S. The normalized spacial score (nSPS) is 27.9. The molecule has 1 saturated carbocycles. The Hall–Kier alpha value is -1.64. The SMILES string of the molecule is O=C(Cc1cccc(Cl)c1)N[C@H]1C[C@H]2C(=O)N(C3CC3)S(=O)(=O)CCN2C1. The number of sulfonamides is 1. The van der Waals surface area contributed by atoms with Gasteiger partial charge in [0.1, 0.15) is 0 Å². The second-order valence-electron chi connectivity index (χ2n) is 7.50. The third-order valence-electron chi connectivity index (χ3n) is 5.34. The number of carbonyl (C=O) groups is 2. The minimum Gasteiger partial charge on any atom is -0.352 e. The summed E-state index contributed by atoms with van der Waals surface area (Å²) in [6.07, 6.45) is 2.16. The average Bonchev–Trinajstić information content (AvgIpc) is 3.33. The number of hydrogen-bond acceptors (Lipinski definition) is 5. The van der Waals surface area contributed by atoms with Gasteiger partial charge in [-0.3, -0.25) is 14.5 Å². The summed E-state index contributed by atoms with van der Waals surface area (Å²) < 4.78 is 25.9. The maximum Gasteiger partial charge on any atom is 0.253 e. The van der Waals surface area contributed by atoms with Crippen LogP contribution in [0.3, 0.4) is 0 Å². The van der Waals surface area contributed by atoms with Crippen molar-refractivity contribution in [3.05, 3.63) is 34.9 Å². The standard InChI is InChI=1S/C18H22ClN3O4S/c19-13-3-1-2-12(8-13)9-17(23)20-14-10-16-18(24)22(15-4-5-15)27(25,26)7-6-21(16)11-14/h1-3,8,14-16H,4-7,9-11H2,(H,20,23)/t14-,16-/m0/s1. The number of hydrogen-bond donors (Lipinski definition) is 1. The number of fused-ring (bicyclic) bond motifs is 1. The fraction of sp³-hybridized carbons (Fsp3) is 0.556. The van der Waals surface area contributed by atoms with E-state index in [4.69, 9.17) is 11.6 Å². The highest BCUT2D eigenvalue weighted by Crippen LogP contribution is 2.34. The molecule has 27 heavy (non-hydrogen) atoms. The minimum absolute atomic E-state index is 0.0467. The average molecular weight is 412 g/mol. The predicted octanol–water partition coefficient (Wildman–Crippen LogP) is 0.776. The smallest absolute Gasteiger partial charge is 0.253 e. The van der Waals surface area contributed by atoms with Crippen LogP contribution < -0.4 is 5.32 Å². The van der Waals surface area contributed by atoms with Crippen LogP contribution in [-0.2, 0) is 26.0 Å². The van der Waals surface area contributed by atoms with Crippen molar-refractivity contribution in [2.24, 2.45) is 0 Å². The van der Waals surface area contributed by atoms with Gasteiger partial charge in [0.2, 0.25) is 15.9 Å². The molecule has 146 valence electrons. The van der Waals surface area contributed by atoms with Gasteiger partial charge in [0.25, 0.3) is 5.91 Å². The van der Waals surface area contributed by atoms with Crippen LogP contribution in [0.2, 0.25) is 5.02 Å². The number of amides is 2. The van der Waals surface area contributed by atoms with Crippen LogP contribution >= 0.6 is 11.6 Å². The molecule has 1 aliphatic carbocycles. The number of benzene rings is 1. The van der Waals surface area contributed by atoms with Crippen LogP contribution in [0.25, 0.3) is 0 Å². The predicted molar refractivity (Wildman–Crippen MR) is 101 cm³/mol. The lowest BCUT2D eigenvalue weighted by molar-refractivity contribution is -0.131. The van der Waals surface area contributed by atoms with Crippen molar-refractivity contribution >= 4 is 33.4 Å². The van der Waals surface area contributed by atoms with Crippen molar-refractivity contribution in [1.82, 2.24) is 14.5 Å². The molecule has 7 nitrogen and oxygen atoms in total. The number of halogens is 1. The van der Waals surface area contributed by atoms with Gasteiger partial charge in [-0.05, 0) is 37.0 Å². The maximum absolute atomic E-state index is 12.9. The second-order valence-corrected chi connectivity index (χ2v) is 9.90. The summed E-state index contributed by atoms with van der Waals surface area (Å²) in [5, 5.41) is 3.57. The lowest BCUT2D eigenvalue weighted by Crippen LogP contribution is -2.45. The second kappa shape index (κ2) is 7.07. The zero-order chi connectivity index (χ0) is 19.2. The molecule has 1 aromatic rings. The molecule has 3 fully saturated rings. The van der Waals surface area contributed by atoms with Crippen LogP contribution in [0.15, 0.2) is 24.3 Å². The molecule has 0 bridgehead atoms. The highest BCUT2D eigenvalue weighted by Gasteiger charge is 2.49. The Morgan fingerprint density at radius 1 is 1.30 bits per heavy atom. The highest BCUT2D eigenvalue weighted by molar-refractivity contribution is 7.89. The van der Waals surface area contributed by atoms with Gasteiger partial charge in [-0.1, -0.05) is 23.7 Å². The summed E-state index contributed by atoms with van der Waals surface area (Å²) >= 11 is 5.95. The topological polar surface area (TPSA) is 86.8 Å². The van der Waals surface area contributed by atoms with E-state index in [1.807, 2.05) is 11.0 Å². The van der Waals surface area contributed by atoms with Gasteiger partial charge >= 0.3 is 0 Å². The van der Waals surface area contributed by atoms with Crippen molar-refractivity contribution in [3.8, 4) is 0 Å². The fourth-order valence-corrected chi connectivity index (χ4v) is 5.89. The molecular weight excluding hydrogens is 390 g/mol. The van der Waals surface area contributed by atoms with Crippen molar-refractivity contribution in [1.29, 1.82) is 0 Å². The van der Waals surface area contributed by atoms with Gasteiger partial charge in [0.05, 0.1) is 18.2 Å². The van der Waals surface area contributed by atoms with Crippen LogP contribution in [0.1, 0.15) is 24.8 Å². The number of nitrogens with one attached hydrogen (secondary N) is 1. The number of carbonyl (C=O) groups excluding carboxylic acids is 2. The summed E-state index contributed by atoms with van der Waals surface area (Å²) in [5.74, 6) is -0.504. The highest BCUT2D eigenvalue weighted by atomic mass is 35.5. The van der Waals surface area contributed by atoms with E-state index in [2.05, 4.69) is 5.32 Å². The zero-order valence-corrected chi connectivity index (χ0v) is 16.4. The third kappa shape index (κ3) is 3.97. The van der Waals surface area contributed by atoms with Gasteiger partial charge in [-0.2, -0.15) is 0 Å². The van der Waals surface area contributed by atoms with E-state index in [1.54, 1.807) is 18.2 Å². The molecule has 0 radical (unpaired) electrons. The molecule has 0 unspecified atom stereocenters. The van der Waals surface area contributed by atoms with Crippen molar-refractivity contribution in [2.45, 2.75) is 43.8 Å². The van der Waals surface area contributed by atoms with Crippen molar-refractivity contribution < 1.29 is 18.0 Å². The van der Waals surface area contributed by atoms with E-state index < -0.39 is 16.1 Å². The first kappa shape index (κ1) is 18.7. The summed E-state index contributed by atoms with van der Waals surface area (Å²) in [5.41, 5.74) is 0.828. The lowest BCUT2D eigenvalue weighted by Gasteiger charge is -2.23. The molecule has 0 aromatic heterocycles. The zero-order valence-electron chi connectivity index (χ0n) is 14.8. The molecule has 0 spiro atoms. The Bertz CT molecular complexity index is 871. The van der Waals surface area contributed by atoms with Crippen LogP contribution in [-0.4, -0.2) is 66.4 Å². The molecule has 2 aliphatic heterocycles. The lowest BCUT2D eigenvalue weighted by atomic mass is 10.1. The van der Waals surface area contributed by atoms with Gasteiger partial charge in [0, 0.05) is 30.2 Å². The molecule has 2 heterocycles. The van der Waals surface area contributed by atoms with E-state index in [0.29, 0.717) is 24.5 Å². The summed E-state index contributed by atoms with van der Waals surface area (Å²) in [6.45, 7) is 0.814. The Kier molecular flexibility index (Phi) is 4.90. The minimum atomic E-state index is -3.53. The Balaban J connectivity index is 1.41. The Morgan fingerprint density at radius 3 is 2.78 bits per heavy atom. The quantitative estimate of drug-likeness (QED) is 0.791. The maximum atomic E-state index is 12.9. The molecule has 2 amide bonds. The molecule has 3 aliphatic rings. The molecule has 1 N–H and O–H groups in total. The monoisotopic (exact) mass is 411 g/mol. The van der Waals surface area contributed by atoms with Gasteiger partial charge in [-0.25, -0.2) is 12.7 Å². The molecule has 2 saturated heterocycles. The van der Waals surface area contributed by atoms with Crippen molar-refractivity contribution in [3.63, 3.8) is 0 Å². The van der Waals surface area contributed by atoms with Crippen molar-refractivity contribution in [2.75, 3.05) is 18.8 Å². The van der Waals surface area contributed by atoms with E-state index in [9.17, 15) is 18.0 Å². The Morgan fingerprint density at radius 2 is 2.07 bits per heavy atom. The van der Waals surface area contributed by atoms with Crippen LogP contribution in [0.4, 0.5) is 0 Å². The van der Waals surface area contributed by atoms with Gasteiger partial charge < -0.3 is 5.32 Å². The van der Waals surface area contributed by atoms with Crippen LogP contribution in [0, 0.1) is 0 Å². The Labute approximate surface area is 163 Å². The molecule has 9 heteroatoms. The number of rotatable bonds is 4. The first-order valence-corrected chi connectivity index (χ1v) is 11.2. The largest absolute Gasteiger partial charge is 0.352 e. The third-order valence-corrected chi connectivity index (χ3v) is 7.35. The molecule has 4 rings (SSSR count). The summed E-state index contributed by atoms with van der Waals surface area (Å²) in [4.78, 5) is 27.1. The first-order valence-electron chi connectivity index (χ1n) is 9.17.